The summed E-state index contributed by atoms with van der Waals surface area (Å²) in [5.41, 5.74) is 0.0291. The highest BCUT2D eigenvalue weighted by molar-refractivity contribution is 5.50. The first-order chi connectivity index (χ1) is 9.91. The summed E-state index contributed by atoms with van der Waals surface area (Å²) in [5.74, 6) is -6.28. The second-order valence-electron chi connectivity index (χ2n) is 4.88. The Bertz CT molecular complexity index is 603. The SMILES string of the molecule is CC(C)N(Cc1ccccc1)c1c(F)c(F)nc(F)c1F. The highest BCUT2D eigenvalue weighted by Gasteiger charge is 2.26. The van der Waals surface area contributed by atoms with Crippen LogP contribution in [0.25, 0.3) is 0 Å². The van der Waals surface area contributed by atoms with Gasteiger partial charge in [0.15, 0.2) is 0 Å². The Morgan fingerprint density at radius 3 is 1.95 bits per heavy atom. The van der Waals surface area contributed by atoms with Gasteiger partial charge in [0, 0.05) is 12.6 Å². The normalized spacial score (nSPS) is 11.0. The van der Waals surface area contributed by atoms with Crippen LogP contribution in [-0.2, 0) is 6.54 Å². The van der Waals surface area contributed by atoms with Crippen molar-refractivity contribution in [1.29, 1.82) is 0 Å². The molecule has 2 nitrogen and oxygen atoms in total. The molecule has 0 aliphatic carbocycles. The van der Waals surface area contributed by atoms with Crippen LogP contribution >= 0.6 is 0 Å². The van der Waals surface area contributed by atoms with E-state index in [1.54, 1.807) is 44.2 Å². The minimum absolute atomic E-state index is 0.120. The minimum Gasteiger partial charge on any atom is -0.360 e. The minimum atomic E-state index is -1.65. The summed E-state index contributed by atoms with van der Waals surface area (Å²) in [6.45, 7) is 3.48. The van der Waals surface area contributed by atoms with Gasteiger partial charge in [-0.2, -0.15) is 22.5 Å². The lowest BCUT2D eigenvalue weighted by molar-refractivity contribution is 0.403. The van der Waals surface area contributed by atoms with E-state index >= 15 is 0 Å². The zero-order valence-corrected chi connectivity index (χ0v) is 11.6. The first-order valence-corrected chi connectivity index (χ1v) is 6.42. The highest BCUT2D eigenvalue weighted by Crippen LogP contribution is 2.29. The van der Waals surface area contributed by atoms with Crippen molar-refractivity contribution in [2.24, 2.45) is 0 Å². The van der Waals surface area contributed by atoms with Crippen LogP contribution in [0.15, 0.2) is 30.3 Å². The largest absolute Gasteiger partial charge is 0.360 e. The van der Waals surface area contributed by atoms with E-state index in [2.05, 4.69) is 4.98 Å². The van der Waals surface area contributed by atoms with Crippen molar-refractivity contribution in [2.45, 2.75) is 26.4 Å². The van der Waals surface area contributed by atoms with Gasteiger partial charge >= 0.3 is 0 Å². The molecule has 6 heteroatoms. The smallest absolute Gasteiger partial charge is 0.253 e. The molecule has 21 heavy (non-hydrogen) atoms. The van der Waals surface area contributed by atoms with E-state index in [0.29, 0.717) is 0 Å². The van der Waals surface area contributed by atoms with Crippen molar-refractivity contribution in [3.8, 4) is 0 Å². The Morgan fingerprint density at radius 2 is 1.48 bits per heavy atom. The molecule has 0 saturated heterocycles. The predicted octanol–water partition coefficient (Wildman–Crippen LogP) is 4.05. The van der Waals surface area contributed by atoms with Gasteiger partial charge in [-0.05, 0) is 19.4 Å². The molecule has 0 radical (unpaired) electrons. The van der Waals surface area contributed by atoms with Gasteiger partial charge in [-0.3, -0.25) is 0 Å². The molecule has 0 N–H and O–H groups in total. The number of benzene rings is 1. The van der Waals surface area contributed by atoms with Crippen LogP contribution in [0, 0.1) is 23.5 Å². The Morgan fingerprint density at radius 1 is 0.952 bits per heavy atom. The Kier molecular flexibility index (Phi) is 4.45. The van der Waals surface area contributed by atoms with Crippen molar-refractivity contribution in [1.82, 2.24) is 4.98 Å². The van der Waals surface area contributed by atoms with Crippen LogP contribution in [0.4, 0.5) is 23.2 Å². The second kappa shape index (κ2) is 6.11. The molecule has 0 unspecified atom stereocenters. The second-order valence-corrected chi connectivity index (χ2v) is 4.88. The van der Waals surface area contributed by atoms with E-state index in [1.807, 2.05) is 0 Å². The first kappa shape index (κ1) is 15.3. The van der Waals surface area contributed by atoms with E-state index in [0.717, 1.165) is 5.56 Å². The summed E-state index contributed by atoms with van der Waals surface area (Å²) < 4.78 is 54.3. The first-order valence-electron chi connectivity index (χ1n) is 6.42. The summed E-state index contributed by atoms with van der Waals surface area (Å²) in [7, 11) is 0. The van der Waals surface area contributed by atoms with E-state index in [4.69, 9.17) is 0 Å². The van der Waals surface area contributed by atoms with Crippen molar-refractivity contribution in [2.75, 3.05) is 4.90 Å². The molecule has 0 spiro atoms. The van der Waals surface area contributed by atoms with Gasteiger partial charge in [0.2, 0.25) is 11.6 Å². The van der Waals surface area contributed by atoms with E-state index < -0.39 is 29.2 Å². The topological polar surface area (TPSA) is 16.1 Å². The Balaban J connectivity index is 2.49. The molecule has 2 aromatic rings. The molecule has 0 atom stereocenters. The standard InChI is InChI=1S/C15H14F4N2/c1-9(2)21(8-10-6-4-3-5-7-10)13-11(16)14(18)20-15(19)12(13)17/h3-7,9H,8H2,1-2H3. The van der Waals surface area contributed by atoms with Gasteiger partial charge in [0.1, 0.15) is 5.69 Å². The van der Waals surface area contributed by atoms with Crippen LogP contribution in [0.1, 0.15) is 19.4 Å². The van der Waals surface area contributed by atoms with Crippen LogP contribution < -0.4 is 4.90 Å². The number of hydrogen-bond acceptors (Lipinski definition) is 2. The third-order valence-corrected chi connectivity index (χ3v) is 3.08. The fourth-order valence-electron chi connectivity index (χ4n) is 2.03. The molecule has 0 aliphatic rings. The molecule has 0 aliphatic heterocycles. The van der Waals surface area contributed by atoms with Gasteiger partial charge in [-0.25, -0.2) is 0 Å². The number of halogens is 4. The Labute approximate surface area is 120 Å². The quantitative estimate of drug-likeness (QED) is 0.625. The third-order valence-electron chi connectivity index (χ3n) is 3.08. The van der Waals surface area contributed by atoms with Crippen molar-refractivity contribution >= 4 is 5.69 Å². The Hall–Kier alpha value is -2.11. The van der Waals surface area contributed by atoms with Gasteiger partial charge in [-0.15, -0.1) is 0 Å². The van der Waals surface area contributed by atoms with Crippen LogP contribution in [0.3, 0.4) is 0 Å². The molecular weight excluding hydrogens is 284 g/mol. The van der Waals surface area contributed by atoms with Crippen LogP contribution in [0.2, 0.25) is 0 Å². The van der Waals surface area contributed by atoms with E-state index in [1.165, 1.54) is 4.90 Å². The molecule has 112 valence electrons. The molecule has 0 saturated carbocycles. The number of anilines is 1. The lowest BCUT2D eigenvalue weighted by Crippen LogP contribution is -2.32. The van der Waals surface area contributed by atoms with Gasteiger partial charge in [0.05, 0.1) is 0 Å². The summed E-state index contributed by atoms with van der Waals surface area (Å²) in [4.78, 5) is 3.83. The van der Waals surface area contributed by atoms with Gasteiger partial charge < -0.3 is 4.90 Å². The van der Waals surface area contributed by atoms with Crippen LogP contribution in [-0.4, -0.2) is 11.0 Å². The fraction of sp³-hybridized carbons (Fsp3) is 0.267. The summed E-state index contributed by atoms with van der Waals surface area (Å²) in [6, 6.07) is 8.51. The monoisotopic (exact) mass is 298 g/mol. The van der Waals surface area contributed by atoms with Crippen molar-refractivity contribution in [3.05, 3.63) is 59.4 Å². The number of aromatic nitrogens is 1. The zero-order chi connectivity index (χ0) is 15.6. The molecular formula is C15H14F4N2. The number of hydrogen-bond donors (Lipinski definition) is 0. The fourth-order valence-corrected chi connectivity index (χ4v) is 2.03. The number of nitrogens with zero attached hydrogens (tertiary/aromatic N) is 2. The highest BCUT2D eigenvalue weighted by atomic mass is 19.2. The van der Waals surface area contributed by atoms with Crippen molar-refractivity contribution in [3.63, 3.8) is 0 Å². The number of rotatable bonds is 4. The maximum Gasteiger partial charge on any atom is 0.253 e. The lowest BCUT2D eigenvalue weighted by Gasteiger charge is -2.29. The molecule has 0 fully saturated rings. The predicted molar refractivity (Wildman–Crippen MR) is 71.8 cm³/mol. The van der Waals surface area contributed by atoms with E-state index in [-0.39, 0.29) is 12.6 Å². The maximum absolute atomic E-state index is 13.9. The van der Waals surface area contributed by atoms with Gasteiger partial charge in [-0.1, -0.05) is 30.3 Å². The molecule has 0 bridgehead atoms. The summed E-state index contributed by atoms with van der Waals surface area (Å²) in [5, 5.41) is 0. The molecule has 1 heterocycles. The molecule has 1 aromatic heterocycles. The number of pyridine rings is 1. The third kappa shape index (κ3) is 3.15. The average molecular weight is 298 g/mol. The lowest BCUT2D eigenvalue weighted by atomic mass is 10.1. The average Bonchev–Trinajstić information content (AvgIpc) is 2.45. The molecule has 1 aromatic carbocycles. The molecule has 2 rings (SSSR count). The molecule has 0 amide bonds. The van der Waals surface area contributed by atoms with Gasteiger partial charge in [0.25, 0.3) is 11.9 Å². The summed E-state index contributed by atoms with van der Waals surface area (Å²) in [6.07, 6.45) is 0. The van der Waals surface area contributed by atoms with Crippen LogP contribution in [0.5, 0.6) is 0 Å². The zero-order valence-electron chi connectivity index (χ0n) is 11.6. The van der Waals surface area contributed by atoms with E-state index in [9.17, 15) is 17.6 Å². The maximum atomic E-state index is 13.9. The van der Waals surface area contributed by atoms with Crippen molar-refractivity contribution < 1.29 is 17.6 Å². The summed E-state index contributed by atoms with van der Waals surface area (Å²) >= 11 is 0.